The van der Waals surface area contributed by atoms with Crippen LogP contribution in [0.25, 0.3) is 22.4 Å². The van der Waals surface area contributed by atoms with Gasteiger partial charge < -0.3 is 4.74 Å². The second-order valence-corrected chi connectivity index (χ2v) is 6.98. The lowest BCUT2D eigenvalue weighted by Crippen LogP contribution is -1.90. The molecule has 0 amide bonds. The summed E-state index contributed by atoms with van der Waals surface area (Å²) in [6, 6.07) is 26.5. The summed E-state index contributed by atoms with van der Waals surface area (Å²) in [6.07, 6.45) is 1.76. The van der Waals surface area contributed by atoms with E-state index in [4.69, 9.17) is 4.74 Å². The molecular weight excluding hydrogens is 446 g/mol. The molecule has 0 saturated carbocycles. The number of hydrazone groups is 1. The maximum atomic E-state index is 5.15. The molecule has 146 valence electrons. The maximum absolute atomic E-state index is 5.15. The topological polar surface area (TPSA) is 46.5 Å². The highest BCUT2D eigenvalue weighted by atomic mass is 79.9. The Balaban J connectivity index is 0.00000240. The van der Waals surface area contributed by atoms with Crippen LogP contribution in [0.15, 0.2) is 89.3 Å². The molecule has 1 N–H and O–H groups in total. The van der Waals surface area contributed by atoms with Gasteiger partial charge >= 0.3 is 0 Å². The smallest absolute Gasteiger partial charge is 0.203 e. The van der Waals surface area contributed by atoms with Crippen molar-refractivity contribution in [2.75, 3.05) is 12.5 Å². The van der Waals surface area contributed by atoms with Gasteiger partial charge in [0.05, 0.1) is 19.0 Å². The van der Waals surface area contributed by atoms with Crippen molar-refractivity contribution in [2.24, 2.45) is 5.10 Å². The van der Waals surface area contributed by atoms with Crippen molar-refractivity contribution in [2.45, 2.75) is 0 Å². The van der Waals surface area contributed by atoms with E-state index in [-0.39, 0.29) is 17.0 Å². The minimum Gasteiger partial charge on any atom is -0.497 e. The fourth-order valence-electron chi connectivity index (χ4n) is 2.77. The number of ether oxygens (including phenoxy) is 1. The lowest BCUT2D eigenvalue weighted by Gasteiger charge is -2.02. The fraction of sp³-hybridized carbons (Fsp3) is 0.0435. The Morgan fingerprint density at radius 3 is 2.21 bits per heavy atom. The van der Waals surface area contributed by atoms with E-state index >= 15 is 0 Å². The summed E-state index contributed by atoms with van der Waals surface area (Å²) in [6.45, 7) is 0. The standard InChI is InChI=1S/C23H19N3OS.BrH/c1-27-21-13-7-17(8-14-21)15-24-26-23-25-22(16-28-23)20-11-9-19(10-12-20)18-5-3-2-4-6-18;/h2-16H,1H3,(H,25,26);1H/b24-15-;. The molecule has 0 aliphatic carbocycles. The fourth-order valence-corrected chi connectivity index (χ4v) is 3.44. The third kappa shape index (κ3) is 5.31. The van der Waals surface area contributed by atoms with Crippen molar-refractivity contribution in [3.8, 4) is 28.1 Å². The van der Waals surface area contributed by atoms with Crippen molar-refractivity contribution in [3.63, 3.8) is 0 Å². The van der Waals surface area contributed by atoms with E-state index in [1.165, 1.54) is 22.5 Å². The number of nitrogens with one attached hydrogen (secondary N) is 1. The number of rotatable bonds is 6. The minimum atomic E-state index is 0. The molecule has 0 unspecified atom stereocenters. The van der Waals surface area contributed by atoms with Crippen LogP contribution < -0.4 is 10.2 Å². The summed E-state index contributed by atoms with van der Waals surface area (Å²) in [5, 5.41) is 7.05. The lowest BCUT2D eigenvalue weighted by atomic mass is 10.0. The molecule has 0 atom stereocenters. The van der Waals surface area contributed by atoms with E-state index in [1.807, 2.05) is 47.8 Å². The summed E-state index contributed by atoms with van der Waals surface area (Å²) in [5.74, 6) is 0.827. The first-order chi connectivity index (χ1) is 13.8. The zero-order valence-corrected chi connectivity index (χ0v) is 18.3. The monoisotopic (exact) mass is 465 g/mol. The highest BCUT2D eigenvalue weighted by Gasteiger charge is 2.05. The number of anilines is 1. The molecule has 3 aromatic carbocycles. The molecule has 1 heterocycles. The number of halogens is 1. The summed E-state index contributed by atoms with van der Waals surface area (Å²) in [7, 11) is 1.65. The molecule has 4 rings (SSSR count). The van der Waals surface area contributed by atoms with Crippen LogP contribution in [-0.2, 0) is 0 Å². The quantitative estimate of drug-likeness (QED) is 0.260. The average Bonchev–Trinajstić information content (AvgIpc) is 3.24. The SMILES string of the molecule is Br.COc1ccc(/C=N\Nc2nc(-c3ccc(-c4ccccc4)cc3)cs2)cc1. The highest BCUT2D eigenvalue weighted by molar-refractivity contribution is 8.93. The Kier molecular flexibility index (Phi) is 7.16. The molecule has 4 aromatic rings. The van der Waals surface area contributed by atoms with Gasteiger partial charge in [0.2, 0.25) is 5.13 Å². The Labute approximate surface area is 184 Å². The normalized spacial score (nSPS) is 10.5. The zero-order valence-electron chi connectivity index (χ0n) is 15.8. The third-order valence-electron chi connectivity index (χ3n) is 4.28. The Hall–Kier alpha value is -2.96. The number of benzene rings is 3. The van der Waals surface area contributed by atoms with E-state index in [0.29, 0.717) is 0 Å². The second kappa shape index (κ2) is 10.0. The summed E-state index contributed by atoms with van der Waals surface area (Å²) >= 11 is 1.53. The first-order valence-corrected chi connectivity index (χ1v) is 9.74. The number of aromatic nitrogens is 1. The van der Waals surface area contributed by atoms with Gasteiger partial charge in [-0.25, -0.2) is 4.98 Å². The molecule has 0 aliphatic rings. The summed E-state index contributed by atoms with van der Waals surface area (Å²) in [5.41, 5.74) is 8.41. The van der Waals surface area contributed by atoms with Crippen molar-refractivity contribution in [1.82, 2.24) is 4.98 Å². The predicted octanol–water partition coefficient (Wildman–Crippen LogP) is 6.51. The van der Waals surface area contributed by atoms with Crippen LogP contribution in [0, 0.1) is 0 Å². The first-order valence-electron chi connectivity index (χ1n) is 8.86. The molecule has 0 fully saturated rings. The molecular formula is C23H20BrN3OS. The van der Waals surface area contributed by atoms with Crippen LogP contribution in [-0.4, -0.2) is 18.3 Å². The molecule has 29 heavy (non-hydrogen) atoms. The van der Waals surface area contributed by atoms with Gasteiger partial charge in [-0.05, 0) is 41.0 Å². The largest absolute Gasteiger partial charge is 0.497 e. The minimum absolute atomic E-state index is 0. The molecule has 0 bridgehead atoms. The zero-order chi connectivity index (χ0) is 19.2. The van der Waals surface area contributed by atoms with E-state index in [2.05, 4.69) is 51.9 Å². The molecule has 6 heteroatoms. The third-order valence-corrected chi connectivity index (χ3v) is 5.03. The van der Waals surface area contributed by atoms with Crippen LogP contribution in [0.4, 0.5) is 5.13 Å². The van der Waals surface area contributed by atoms with Gasteiger partial charge in [0.25, 0.3) is 0 Å². The van der Waals surface area contributed by atoms with E-state index < -0.39 is 0 Å². The van der Waals surface area contributed by atoms with Gasteiger partial charge in [-0.1, -0.05) is 54.6 Å². The van der Waals surface area contributed by atoms with E-state index in [1.54, 1.807) is 13.3 Å². The number of thiazole rings is 1. The van der Waals surface area contributed by atoms with Crippen LogP contribution >= 0.6 is 28.3 Å². The molecule has 0 radical (unpaired) electrons. The molecule has 0 saturated heterocycles. The number of hydrogen-bond donors (Lipinski definition) is 1. The van der Waals surface area contributed by atoms with Crippen molar-refractivity contribution >= 4 is 39.7 Å². The van der Waals surface area contributed by atoms with Crippen LogP contribution in [0.5, 0.6) is 5.75 Å². The maximum Gasteiger partial charge on any atom is 0.203 e. The predicted molar refractivity (Wildman–Crippen MR) is 128 cm³/mol. The van der Waals surface area contributed by atoms with E-state index in [0.717, 1.165) is 27.7 Å². The van der Waals surface area contributed by atoms with Gasteiger partial charge in [-0.3, -0.25) is 5.43 Å². The van der Waals surface area contributed by atoms with Gasteiger partial charge in [0.15, 0.2) is 0 Å². The van der Waals surface area contributed by atoms with Crippen LogP contribution in [0.3, 0.4) is 0 Å². The number of hydrogen-bond acceptors (Lipinski definition) is 5. The highest BCUT2D eigenvalue weighted by Crippen LogP contribution is 2.27. The Morgan fingerprint density at radius 1 is 0.862 bits per heavy atom. The molecule has 0 spiro atoms. The molecule has 0 aliphatic heterocycles. The summed E-state index contributed by atoms with van der Waals surface area (Å²) < 4.78 is 5.15. The Bertz CT molecular complexity index is 1060. The molecule has 1 aromatic heterocycles. The number of methoxy groups -OCH3 is 1. The second-order valence-electron chi connectivity index (χ2n) is 6.12. The van der Waals surface area contributed by atoms with Gasteiger partial charge in [0.1, 0.15) is 5.75 Å². The van der Waals surface area contributed by atoms with Gasteiger partial charge in [-0.15, -0.1) is 28.3 Å². The van der Waals surface area contributed by atoms with Gasteiger partial charge in [0, 0.05) is 10.9 Å². The van der Waals surface area contributed by atoms with E-state index in [9.17, 15) is 0 Å². The average molecular weight is 466 g/mol. The molecule has 4 nitrogen and oxygen atoms in total. The summed E-state index contributed by atoms with van der Waals surface area (Å²) in [4.78, 5) is 4.62. The lowest BCUT2D eigenvalue weighted by molar-refractivity contribution is 0.415. The van der Waals surface area contributed by atoms with Crippen LogP contribution in [0.2, 0.25) is 0 Å². The van der Waals surface area contributed by atoms with Crippen LogP contribution in [0.1, 0.15) is 5.56 Å². The van der Waals surface area contributed by atoms with Crippen molar-refractivity contribution < 1.29 is 4.74 Å². The van der Waals surface area contributed by atoms with Crippen molar-refractivity contribution in [1.29, 1.82) is 0 Å². The first kappa shape index (κ1) is 20.8. The van der Waals surface area contributed by atoms with Gasteiger partial charge in [-0.2, -0.15) is 5.10 Å². The van der Waals surface area contributed by atoms with Crippen molar-refractivity contribution in [3.05, 3.63) is 89.8 Å². The number of nitrogens with zero attached hydrogens (tertiary/aromatic N) is 2. The Morgan fingerprint density at radius 2 is 1.52 bits per heavy atom.